The van der Waals surface area contributed by atoms with E-state index in [4.69, 9.17) is 9.47 Å². The molecule has 3 aromatic carbocycles. The van der Waals surface area contributed by atoms with Gasteiger partial charge in [-0.1, -0.05) is 60.7 Å². The van der Waals surface area contributed by atoms with Crippen LogP contribution in [0.4, 0.5) is 5.69 Å². The summed E-state index contributed by atoms with van der Waals surface area (Å²) in [5.41, 5.74) is 3.04. The number of thioether (sulfide) groups is 1. The summed E-state index contributed by atoms with van der Waals surface area (Å²) in [7, 11) is 3.25. The number of benzene rings is 3. The molecule has 0 saturated carbocycles. The average molecular weight is 406 g/mol. The molecule has 0 N–H and O–H groups in total. The van der Waals surface area contributed by atoms with Gasteiger partial charge in [0.25, 0.3) is 5.91 Å². The third kappa shape index (κ3) is 3.52. The molecule has 0 aromatic heterocycles. The maximum absolute atomic E-state index is 13.4. The number of hydrogen-bond donors (Lipinski definition) is 0. The Kier molecular flexibility index (Phi) is 5.60. The number of amides is 1. The fraction of sp³-hybridized carbons (Fsp3) is 0.208. The standard InChI is InChI=1S/C24H23NO3S/c1-27-21-15-13-20(14-16-21)25-22(19-11-7-4-8-12-19)24(28-2,23(25)26)29-17-18-9-5-3-6-10-18/h3-16,22H,17H2,1-2H3/t22-,24+/m1/s1. The molecule has 29 heavy (non-hydrogen) atoms. The minimum Gasteiger partial charge on any atom is -0.497 e. The molecule has 0 radical (unpaired) electrons. The highest BCUT2D eigenvalue weighted by Gasteiger charge is 2.63. The SMILES string of the molecule is COc1ccc(N2C(=O)[C@@](OC)(SCc3ccccc3)[C@H]2c2ccccc2)cc1. The summed E-state index contributed by atoms with van der Waals surface area (Å²) < 4.78 is 11.2. The van der Waals surface area contributed by atoms with Crippen molar-refractivity contribution in [1.29, 1.82) is 0 Å². The largest absolute Gasteiger partial charge is 0.497 e. The first-order chi connectivity index (χ1) is 14.2. The quantitative estimate of drug-likeness (QED) is 0.407. The summed E-state index contributed by atoms with van der Waals surface area (Å²) in [6, 6.07) is 27.5. The molecule has 4 nitrogen and oxygen atoms in total. The van der Waals surface area contributed by atoms with Gasteiger partial charge >= 0.3 is 0 Å². The summed E-state index contributed by atoms with van der Waals surface area (Å²) >= 11 is 1.54. The van der Waals surface area contributed by atoms with Gasteiger partial charge in [-0.05, 0) is 35.4 Å². The van der Waals surface area contributed by atoms with E-state index in [2.05, 4.69) is 12.1 Å². The van der Waals surface area contributed by atoms with Crippen LogP contribution in [0.15, 0.2) is 84.9 Å². The van der Waals surface area contributed by atoms with Crippen molar-refractivity contribution in [3.8, 4) is 5.75 Å². The normalized spacial score (nSPS) is 21.0. The zero-order valence-corrected chi connectivity index (χ0v) is 17.3. The van der Waals surface area contributed by atoms with Crippen molar-refractivity contribution in [3.05, 3.63) is 96.1 Å². The molecule has 2 atom stereocenters. The molecule has 1 saturated heterocycles. The molecule has 0 unspecified atom stereocenters. The van der Waals surface area contributed by atoms with Crippen molar-refractivity contribution < 1.29 is 14.3 Å². The second-order valence-corrected chi connectivity index (χ2v) is 8.02. The van der Waals surface area contributed by atoms with Crippen molar-refractivity contribution in [1.82, 2.24) is 0 Å². The Hall–Kier alpha value is -2.76. The Bertz CT molecular complexity index is 962. The number of β-lactam (4-membered cyclic amide) rings is 1. The molecule has 148 valence electrons. The highest BCUT2D eigenvalue weighted by Crippen LogP contribution is 2.54. The summed E-state index contributed by atoms with van der Waals surface area (Å²) in [5, 5.41) is 0. The first-order valence-electron chi connectivity index (χ1n) is 9.45. The van der Waals surface area contributed by atoms with Crippen molar-refractivity contribution in [3.63, 3.8) is 0 Å². The smallest absolute Gasteiger partial charge is 0.273 e. The van der Waals surface area contributed by atoms with Gasteiger partial charge in [-0.3, -0.25) is 9.69 Å². The van der Waals surface area contributed by atoms with Crippen molar-refractivity contribution in [2.45, 2.75) is 16.7 Å². The van der Waals surface area contributed by atoms with Crippen LogP contribution in [-0.2, 0) is 15.3 Å². The fourth-order valence-electron chi connectivity index (χ4n) is 3.68. The number of carbonyl (C=O) groups is 1. The molecule has 0 spiro atoms. The Balaban J connectivity index is 1.69. The van der Waals surface area contributed by atoms with E-state index >= 15 is 0 Å². The molecule has 5 heteroatoms. The second-order valence-electron chi connectivity index (χ2n) is 6.83. The van der Waals surface area contributed by atoms with E-state index in [1.54, 1.807) is 26.0 Å². The summed E-state index contributed by atoms with van der Waals surface area (Å²) in [6.07, 6.45) is 0. The minimum atomic E-state index is -0.961. The molecule has 4 rings (SSSR count). The average Bonchev–Trinajstić information content (AvgIpc) is 2.79. The lowest BCUT2D eigenvalue weighted by Gasteiger charge is -2.54. The number of anilines is 1. The number of hydrogen-bond acceptors (Lipinski definition) is 4. The fourth-order valence-corrected chi connectivity index (χ4v) is 4.99. The van der Waals surface area contributed by atoms with Crippen LogP contribution in [0.25, 0.3) is 0 Å². The third-order valence-electron chi connectivity index (χ3n) is 5.20. The molecule has 0 bridgehead atoms. The van der Waals surface area contributed by atoms with Gasteiger partial charge < -0.3 is 9.47 Å². The Morgan fingerprint density at radius 1 is 0.897 bits per heavy atom. The van der Waals surface area contributed by atoms with E-state index < -0.39 is 4.93 Å². The first kappa shape index (κ1) is 19.6. The highest BCUT2D eigenvalue weighted by molar-refractivity contribution is 8.00. The van der Waals surface area contributed by atoms with Gasteiger partial charge in [0.05, 0.1) is 7.11 Å². The van der Waals surface area contributed by atoms with Crippen molar-refractivity contribution >= 4 is 23.4 Å². The Morgan fingerprint density at radius 2 is 1.52 bits per heavy atom. The zero-order chi connectivity index (χ0) is 20.3. The topological polar surface area (TPSA) is 38.8 Å². The molecular formula is C24H23NO3S. The van der Waals surface area contributed by atoms with Gasteiger partial charge in [-0.15, -0.1) is 11.8 Å². The number of rotatable bonds is 7. The first-order valence-corrected chi connectivity index (χ1v) is 10.4. The van der Waals surface area contributed by atoms with Crippen LogP contribution in [0.3, 0.4) is 0 Å². The van der Waals surface area contributed by atoms with Crippen LogP contribution in [0, 0.1) is 0 Å². The lowest BCUT2D eigenvalue weighted by Crippen LogP contribution is -2.68. The van der Waals surface area contributed by atoms with Crippen LogP contribution in [0.2, 0.25) is 0 Å². The van der Waals surface area contributed by atoms with Gasteiger partial charge in [0, 0.05) is 18.6 Å². The molecule has 3 aromatic rings. The highest BCUT2D eigenvalue weighted by atomic mass is 32.2. The van der Waals surface area contributed by atoms with Gasteiger partial charge in [0.1, 0.15) is 11.8 Å². The predicted molar refractivity (Wildman–Crippen MR) is 117 cm³/mol. The van der Waals surface area contributed by atoms with E-state index in [9.17, 15) is 4.79 Å². The Morgan fingerprint density at radius 3 is 2.10 bits per heavy atom. The summed E-state index contributed by atoms with van der Waals surface area (Å²) in [6.45, 7) is 0. The van der Waals surface area contributed by atoms with E-state index in [1.807, 2.05) is 77.7 Å². The number of carbonyl (C=O) groups excluding carboxylic acids is 1. The summed E-state index contributed by atoms with van der Waals surface area (Å²) in [4.78, 5) is 14.3. The zero-order valence-electron chi connectivity index (χ0n) is 16.4. The van der Waals surface area contributed by atoms with Crippen LogP contribution < -0.4 is 9.64 Å². The molecule has 1 fully saturated rings. The molecule has 1 aliphatic rings. The van der Waals surface area contributed by atoms with E-state index in [0.29, 0.717) is 5.75 Å². The van der Waals surface area contributed by atoms with Crippen LogP contribution in [-0.4, -0.2) is 25.1 Å². The molecule has 1 heterocycles. The van der Waals surface area contributed by atoms with Crippen LogP contribution >= 0.6 is 11.8 Å². The molecular weight excluding hydrogens is 382 g/mol. The minimum absolute atomic E-state index is 0.0417. The van der Waals surface area contributed by atoms with Gasteiger partial charge in [-0.2, -0.15) is 0 Å². The molecule has 1 aliphatic heterocycles. The number of methoxy groups -OCH3 is 2. The van der Waals surface area contributed by atoms with Crippen LogP contribution in [0.5, 0.6) is 5.75 Å². The monoisotopic (exact) mass is 405 g/mol. The number of ether oxygens (including phenoxy) is 2. The van der Waals surface area contributed by atoms with E-state index in [1.165, 1.54) is 0 Å². The maximum atomic E-state index is 13.4. The number of nitrogens with zero attached hydrogens (tertiary/aromatic N) is 1. The van der Waals surface area contributed by atoms with E-state index in [0.717, 1.165) is 22.6 Å². The van der Waals surface area contributed by atoms with Gasteiger partial charge in [-0.25, -0.2) is 0 Å². The second kappa shape index (κ2) is 8.31. The Labute approximate surface area is 175 Å². The lowest BCUT2D eigenvalue weighted by atomic mass is 9.89. The summed E-state index contributed by atoms with van der Waals surface area (Å²) in [5.74, 6) is 1.41. The van der Waals surface area contributed by atoms with Crippen molar-refractivity contribution in [2.24, 2.45) is 0 Å². The third-order valence-corrected chi connectivity index (χ3v) is 6.67. The molecule has 1 amide bonds. The lowest BCUT2D eigenvalue weighted by molar-refractivity contribution is -0.144. The van der Waals surface area contributed by atoms with Gasteiger partial charge in [0.15, 0.2) is 0 Å². The molecule has 0 aliphatic carbocycles. The predicted octanol–water partition coefficient (Wildman–Crippen LogP) is 5.06. The van der Waals surface area contributed by atoms with Crippen LogP contribution in [0.1, 0.15) is 17.2 Å². The van der Waals surface area contributed by atoms with Gasteiger partial charge in [0.2, 0.25) is 4.93 Å². The van der Waals surface area contributed by atoms with Crippen molar-refractivity contribution in [2.75, 3.05) is 19.1 Å². The maximum Gasteiger partial charge on any atom is 0.273 e. The van der Waals surface area contributed by atoms with E-state index in [-0.39, 0.29) is 11.9 Å².